The first kappa shape index (κ1) is 29.0. The van der Waals surface area contributed by atoms with Crippen LogP contribution < -0.4 is 15.4 Å². The average molecular weight is 542 g/mol. The van der Waals surface area contributed by atoms with Crippen molar-refractivity contribution in [2.24, 2.45) is 11.8 Å². The van der Waals surface area contributed by atoms with Crippen molar-refractivity contribution in [2.45, 2.75) is 77.8 Å². The maximum atomic E-state index is 13.5. The van der Waals surface area contributed by atoms with E-state index < -0.39 is 24.1 Å². The Labute approximate surface area is 230 Å². The van der Waals surface area contributed by atoms with Crippen molar-refractivity contribution in [1.82, 2.24) is 25.3 Å². The van der Waals surface area contributed by atoms with E-state index in [1.807, 2.05) is 56.6 Å². The molecule has 2 fully saturated rings. The Morgan fingerprint density at radius 3 is 2.62 bits per heavy atom. The van der Waals surface area contributed by atoms with Gasteiger partial charge in [0.1, 0.15) is 17.9 Å². The number of carbonyl (C=O) groups is 2. The average Bonchev–Trinajstić information content (AvgIpc) is 3.58. The monoisotopic (exact) mass is 541 g/mol. The Morgan fingerprint density at radius 2 is 1.95 bits per heavy atom. The molecular formula is C29H43N5O5. The molecule has 4 N–H and O–H groups in total. The molecule has 1 aromatic heterocycles. The highest BCUT2D eigenvalue weighted by molar-refractivity contribution is 5.89. The minimum atomic E-state index is -0.797. The molecule has 4 atom stereocenters. The predicted octanol–water partition coefficient (Wildman–Crippen LogP) is 2.10. The first-order valence-electron chi connectivity index (χ1n) is 14.2. The number of β-amino-alcohol motifs (C(OH)–C–C–N with tert-alkyl or cyclic N) is 1. The number of carbonyl (C=O) groups excluding carboxylic acids is 2. The lowest BCUT2D eigenvalue weighted by molar-refractivity contribution is -0.142. The molecule has 2 amide bonds. The van der Waals surface area contributed by atoms with Gasteiger partial charge in [-0.3, -0.25) is 14.3 Å². The summed E-state index contributed by atoms with van der Waals surface area (Å²) in [6.07, 6.45) is 2.90. The molecule has 3 heterocycles. The molecule has 2 aromatic rings. The van der Waals surface area contributed by atoms with E-state index in [9.17, 15) is 19.8 Å². The van der Waals surface area contributed by atoms with Crippen LogP contribution in [0.25, 0.3) is 11.3 Å². The van der Waals surface area contributed by atoms with Gasteiger partial charge in [-0.05, 0) is 50.9 Å². The minimum absolute atomic E-state index is 0.0157. The van der Waals surface area contributed by atoms with Crippen molar-refractivity contribution < 1.29 is 24.5 Å². The summed E-state index contributed by atoms with van der Waals surface area (Å²) < 4.78 is 8.39. The Hall–Kier alpha value is -2.95. The lowest BCUT2D eigenvalue weighted by Gasteiger charge is -2.30. The number of rotatable bonds is 10. The lowest BCUT2D eigenvalue weighted by Crippen LogP contribution is -2.49. The van der Waals surface area contributed by atoms with Gasteiger partial charge in [-0.25, -0.2) is 0 Å². The van der Waals surface area contributed by atoms with Gasteiger partial charge in [0.15, 0.2) is 0 Å². The second-order valence-corrected chi connectivity index (χ2v) is 11.0. The Balaban J connectivity index is 1.60. The third kappa shape index (κ3) is 6.62. The van der Waals surface area contributed by atoms with Gasteiger partial charge >= 0.3 is 0 Å². The number of aryl methyl sites for hydroxylation is 1. The number of benzene rings is 1. The van der Waals surface area contributed by atoms with Crippen LogP contribution in [0.15, 0.2) is 30.5 Å². The van der Waals surface area contributed by atoms with Crippen LogP contribution in [0.4, 0.5) is 0 Å². The zero-order valence-corrected chi connectivity index (χ0v) is 23.5. The van der Waals surface area contributed by atoms with Crippen LogP contribution in [0.2, 0.25) is 0 Å². The zero-order valence-electron chi connectivity index (χ0n) is 23.5. The molecule has 0 aliphatic carbocycles. The molecule has 2 aliphatic rings. The van der Waals surface area contributed by atoms with Crippen LogP contribution in [0.5, 0.6) is 5.75 Å². The van der Waals surface area contributed by atoms with Gasteiger partial charge in [0, 0.05) is 42.8 Å². The third-order valence-electron chi connectivity index (χ3n) is 8.03. The summed E-state index contributed by atoms with van der Waals surface area (Å²) in [6, 6.07) is 6.20. The van der Waals surface area contributed by atoms with E-state index in [-0.39, 0.29) is 43.4 Å². The van der Waals surface area contributed by atoms with Crippen molar-refractivity contribution in [3.05, 3.63) is 36.0 Å². The fourth-order valence-corrected chi connectivity index (χ4v) is 5.35. The normalized spacial score (nSPS) is 21.7. The number of hydrogen-bond acceptors (Lipinski definition) is 7. The van der Waals surface area contributed by atoms with Crippen LogP contribution in [-0.2, 0) is 16.1 Å². The highest BCUT2D eigenvalue weighted by Gasteiger charge is 2.41. The Kier molecular flexibility index (Phi) is 9.63. The summed E-state index contributed by atoms with van der Waals surface area (Å²) in [4.78, 5) is 28.1. The Morgan fingerprint density at radius 1 is 1.21 bits per heavy atom. The van der Waals surface area contributed by atoms with E-state index in [2.05, 4.69) is 15.7 Å². The SMILES string of the molecule is CCn1nccc1-c1ccc(C(CO)NC(=O)C2CC(O)CN2C(=O)C(C)C(C)C)c(OC2CCNCC2)c1. The minimum Gasteiger partial charge on any atom is -0.490 e. The number of amides is 2. The molecule has 0 bridgehead atoms. The second kappa shape index (κ2) is 12.9. The predicted molar refractivity (Wildman–Crippen MR) is 148 cm³/mol. The Bertz CT molecular complexity index is 1130. The molecule has 10 nitrogen and oxygen atoms in total. The van der Waals surface area contributed by atoms with Crippen molar-refractivity contribution >= 4 is 11.8 Å². The maximum absolute atomic E-state index is 13.5. The van der Waals surface area contributed by atoms with Gasteiger partial charge < -0.3 is 30.5 Å². The fraction of sp³-hybridized carbons (Fsp3) is 0.621. The second-order valence-electron chi connectivity index (χ2n) is 11.0. The molecule has 4 unspecified atom stereocenters. The van der Waals surface area contributed by atoms with Crippen molar-refractivity contribution in [3.63, 3.8) is 0 Å². The molecule has 4 rings (SSSR count). The molecule has 10 heteroatoms. The maximum Gasteiger partial charge on any atom is 0.243 e. The fourth-order valence-electron chi connectivity index (χ4n) is 5.35. The van der Waals surface area contributed by atoms with Gasteiger partial charge in [-0.15, -0.1) is 0 Å². The van der Waals surface area contributed by atoms with E-state index in [1.54, 1.807) is 6.20 Å². The standard InChI is InChI=1S/C29H43N5O5/c1-5-34-25(10-13-31-34)20-6-7-23(27(14-20)39-22-8-11-30-12-9-22)24(17-35)32-28(37)26-15-21(36)16-33(26)29(38)19(4)18(2)3/h6-7,10,13-14,18-19,21-22,24,26,30,35-36H,5,8-9,11-12,15-17H2,1-4H3,(H,32,37). The van der Waals surface area contributed by atoms with E-state index in [0.717, 1.165) is 43.7 Å². The molecule has 0 spiro atoms. The summed E-state index contributed by atoms with van der Waals surface area (Å²) in [5.74, 6) is -0.0879. The van der Waals surface area contributed by atoms with E-state index >= 15 is 0 Å². The van der Waals surface area contributed by atoms with Crippen LogP contribution in [0.3, 0.4) is 0 Å². The number of hydrogen-bond donors (Lipinski definition) is 4. The number of aliphatic hydroxyl groups is 2. The van der Waals surface area contributed by atoms with Gasteiger partial charge in [0.2, 0.25) is 11.8 Å². The first-order valence-corrected chi connectivity index (χ1v) is 14.2. The molecule has 2 saturated heterocycles. The van der Waals surface area contributed by atoms with E-state index in [0.29, 0.717) is 11.3 Å². The number of aliphatic hydroxyl groups excluding tert-OH is 2. The smallest absolute Gasteiger partial charge is 0.243 e. The number of nitrogens with zero attached hydrogens (tertiary/aromatic N) is 3. The lowest BCUT2D eigenvalue weighted by atomic mass is 9.96. The van der Waals surface area contributed by atoms with E-state index in [4.69, 9.17) is 4.74 Å². The summed E-state index contributed by atoms with van der Waals surface area (Å²) in [6.45, 7) is 10.1. The molecule has 0 saturated carbocycles. The highest BCUT2D eigenvalue weighted by Crippen LogP contribution is 2.33. The number of likely N-dealkylation sites (tertiary alicyclic amines) is 1. The number of piperidine rings is 1. The largest absolute Gasteiger partial charge is 0.490 e. The van der Waals surface area contributed by atoms with Gasteiger partial charge in [0.25, 0.3) is 0 Å². The van der Waals surface area contributed by atoms with E-state index in [1.165, 1.54) is 4.90 Å². The van der Waals surface area contributed by atoms with Crippen molar-refractivity contribution in [1.29, 1.82) is 0 Å². The summed E-state index contributed by atoms with van der Waals surface area (Å²) >= 11 is 0. The molecule has 39 heavy (non-hydrogen) atoms. The van der Waals surface area contributed by atoms with Crippen LogP contribution in [-0.4, -0.2) is 81.2 Å². The number of aromatic nitrogens is 2. The summed E-state index contributed by atoms with van der Waals surface area (Å²) in [7, 11) is 0. The molecule has 214 valence electrons. The van der Waals surface area contributed by atoms with Gasteiger partial charge in [0.05, 0.1) is 24.4 Å². The molecule has 1 aromatic carbocycles. The summed E-state index contributed by atoms with van der Waals surface area (Å²) in [5.41, 5.74) is 2.56. The quantitative estimate of drug-likeness (QED) is 0.363. The first-order chi connectivity index (χ1) is 18.7. The highest BCUT2D eigenvalue weighted by atomic mass is 16.5. The molecule has 0 radical (unpaired) electrons. The zero-order chi connectivity index (χ0) is 28.1. The molecular weight excluding hydrogens is 498 g/mol. The number of nitrogens with one attached hydrogen (secondary N) is 2. The van der Waals surface area contributed by atoms with Gasteiger partial charge in [-0.1, -0.05) is 32.9 Å². The van der Waals surface area contributed by atoms with Crippen molar-refractivity contribution in [3.8, 4) is 17.0 Å². The van der Waals surface area contributed by atoms with Crippen molar-refractivity contribution in [2.75, 3.05) is 26.2 Å². The van der Waals surface area contributed by atoms with Crippen LogP contribution >= 0.6 is 0 Å². The third-order valence-corrected chi connectivity index (χ3v) is 8.03. The summed E-state index contributed by atoms with van der Waals surface area (Å²) in [5, 5.41) is 31.4. The topological polar surface area (TPSA) is 129 Å². The van der Waals surface area contributed by atoms with Crippen LogP contribution in [0.1, 0.15) is 58.6 Å². The van der Waals surface area contributed by atoms with Crippen LogP contribution in [0, 0.1) is 11.8 Å². The molecule has 2 aliphatic heterocycles. The van der Waals surface area contributed by atoms with Gasteiger partial charge in [-0.2, -0.15) is 5.10 Å². The number of ether oxygens (including phenoxy) is 1.